The molecule has 2 amide bonds. The van der Waals surface area contributed by atoms with E-state index in [-0.39, 0.29) is 24.3 Å². The van der Waals surface area contributed by atoms with E-state index in [0.29, 0.717) is 12.0 Å². The molecule has 1 saturated heterocycles. The Bertz CT molecular complexity index is 401. The van der Waals surface area contributed by atoms with E-state index in [0.717, 1.165) is 58.0 Å². The van der Waals surface area contributed by atoms with Gasteiger partial charge in [0.25, 0.3) is 0 Å². The third kappa shape index (κ3) is 4.00. The monoisotopic (exact) mass is 324 g/mol. The topological polar surface area (TPSA) is 61.8 Å². The van der Waals surface area contributed by atoms with Crippen molar-refractivity contribution in [2.24, 2.45) is 5.92 Å². The molecule has 1 heterocycles. The van der Waals surface area contributed by atoms with Crippen LogP contribution in [0.15, 0.2) is 0 Å². The number of carbonyl (C=O) groups excluding carboxylic acids is 1. The van der Waals surface area contributed by atoms with Crippen LogP contribution in [0.2, 0.25) is 0 Å². The zero-order valence-corrected chi connectivity index (χ0v) is 14.4. The summed E-state index contributed by atoms with van der Waals surface area (Å²) in [5.41, 5.74) is 0.0496. The van der Waals surface area contributed by atoms with E-state index in [4.69, 9.17) is 4.74 Å². The van der Waals surface area contributed by atoms with Crippen LogP contribution in [0.5, 0.6) is 0 Å². The van der Waals surface area contributed by atoms with Crippen LogP contribution in [0.1, 0.15) is 64.2 Å². The van der Waals surface area contributed by atoms with Gasteiger partial charge in [-0.05, 0) is 57.3 Å². The smallest absolute Gasteiger partial charge is 0.317 e. The number of aliphatic hydroxyl groups excluding tert-OH is 1. The number of nitrogens with one attached hydrogen (secondary N) is 1. The average molecular weight is 324 g/mol. The van der Waals surface area contributed by atoms with Crippen molar-refractivity contribution in [2.45, 2.75) is 81.9 Å². The van der Waals surface area contributed by atoms with Crippen molar-refractivity contribution >= 4 is 6.03 Å². The maximum absolute atomic E-state index is 12.6. The van der Waals surface area contributed by atoms with E-state index >= 15 is 0 Å². The first-order valence-electron chi connectivity index (χ1n) is 9.40. The van der Waals surface area contributed by atoms with Gasteiger partial charge in [-0.2, -0.15) is 0 Å². The Morgan fingerprint density at radius 3 is 2.57 bits per heavy atom. The average Bonchev–Trinajstić information content (AvgIpc) is 3.02. The summed E-state index contributed by atoms with van der Waals surface area (Å²) in [5, 5.41) is 12.5. The van der Waals surface area contributed by atoms with Gasteiger partial charge in [0.05, 0.1) is 5.60 Å². The Hall–Kier alpha value is -0.810. The molecule has 3 fully saturated rings. The Morgan fingerprint density at radius 1 is 1.22 bits per heavy atom. The second-order valence-corrected chi connectivity index (χ2v) is 7.85. The number of amides is 2. The van der Waals surface area contributed by atoms with E-state index in [1.165, 1.54) is 12.8 Å². The molecule has 5 heteroatoms. The predicted octanol–water partition coefficient (Wildman–Crippen LogP) is 2.67. The number of carbonyl (C=O) groups is 1. The van der Waals surface area contributed by atoms with Crippen molar-refractivity contribution in [3.63, 3.8) is 0 Å². The molecule has 2 saturated carbocycles. The molecular weight excluding hydrogens is 292 g/mol. The summed E-state index contributed by atoms with van der Waals surface area (Å²) < 4.78 is 6.05. The first-order chi connectivity index (χ1) is 11.1. The standard InChI is InChI=1S/C18H32N2O3/c1-20(16-6-4-14(13-21)5-7-16)17(22)19-15-8-11-23-18(12-15)9-2-3-10-18/h14-16,21H,2-13H2,1H3,(H,19,22). The largest absolute Gasteiger partial charge is 0.396 e. The van der Waals surface area contributed by atoms with Crippen molar-refractivity contribution in [3.05, 3.63) is 0 Å². The van der Waals surface area contributed by atoms with Crippen LogP contribution in [0, 0.1) is 5.92 Å². The molecule has 1 aliphatic heterocycles. The van der Waals surface area contributed by atoms with Gasteiger partial charge in [-0.1, -0.05) is 12.8 Å². The highest BCUT2D eigenvalue weighted by Crippen LogP contribution is 2.40. The molecule has 3 aliphatic rings. The minimum atomic E-state index is 0.0496. The van der Waals surface area contributed by atoms with Crippen molar-refractivity contribution in [3.8, 4) is 0 Å². The van der Waals surface area contributed by atoms with Gasteiger partial charge in [-0.25, -0.2) is 4.79 Å². The predicted molar refractivity (Wildman–Crippen MR) is 89.3 cm³/mol. The second-order valence-electron chi connectivity index (χ2n) is 7.85. The Labute approximate surface area is 139 Å². The van der Waals surface area contributed by atoms with Crippen LogP contribution in [-0.4, -0.2) is 54.0 Å². The van der Waals surface area contributed by atoms with Gasteiger partial charge in [-0.3, -0.25) is 0 Å². The van der Waals surface area contributed by atoms with E-state index in [2.05, 4.69) is 5.32 Å². The van der Waals surface area contributed by atoms with Gasteiger partial charge in [0.15, 0.2) is 0 Å². The lowest BCUT2D eigenvalue weighted by atomic mass is 9.86. The second kappa shape index (κ2) is 7.39. The van der Waals surface area contributed by atoms with E-state index in [9.17, 15) is 9.90 Å². The first-order valence-corrected chi connectivity index (χ1v) is 9.40. The summed E-state index contributed by atoms with van der Waals surface area (Å²) in [7, 11) is 1.92. The first kappa shape index (κ1) is 17.0. The fourth-order valence-corrected chi connectivity index (χ4v) is 4.68. The zero-order valence-electron chi connectivity index (χ0n) is 14.4. The van der Waals surface area contributed by atoms with Crippen LogP contribution in [0.25, 0.3) is 0 Å². The molecule has 0 aromatic heterocycles. The van der Waals surface area contributed by atoms with Crippen molar-refractivity contribution in [2.75, 3.05) is 20.3 Å². The zero-order chi connectivity index (χ0) is 16.3. The molecule has 0 aromatic rings. The minimum absolute atomic E-state index is 0.0496. The number of aliphatic hydroxyl groups is 1. The fraction of sp³-hybridized carbons (Fsp3) is 0.944. The summed E-state index contributed by atoms with van der Waals surface area (Å²) in [5.74, 6) is 0.431. The molecule has 2 N–H and O–H groups in total. The molecule has 1 unspecified atom stereocenters. The van der Waals surface area contributed by atoms with Crippen LogP contribution >= 0.6 is 0 Å². The number of hydrogen-bond donors (Lipinski definition) is 2. The van der Waals surface area contributed by atoms with Crippen molar-refractivity contribution in [1.29, 1.82) is 0 Å². The third-order valence-electron chi connectivity index (χ3n) is 6.28. The van der Waals surface area contributed by atoms with E-state index < -0.39 is 0 Å². The van der Waals surface area contributed by atoms with Crippen LogP contribution in [0.3, 0.4) is 0 Å². The molecule has 0 aromatic carbocycles. The summed E-state index contributed by atoms with van der Waals surface area (Å²) in [6, 6.07) is 0.640. The fourth-order valence-electron chi connectivity index (χ4n) is 4.68. The van der Waals surface area contributed by atoms with Gasteiger partial charge in [-0.15, -0.1) is 0 Å². The molecular formula is C18H32N2O3. The quantitative estimate of drug-likeness (QED) is 0.839. The van der Waals surface area contributed by atoms with E-state index in [1.54, 1.807) is 0 Å². The molecule has 3 rings (SSSR count). The van der Waals surface area contributed by atoms with Gasteiger partial charge in [0, 0.05) is 32.3 Å². The Morgan fingerprint density at radius 2 is 1.91 bits per heavy atom. The lowest BCUT2D eigenvalue weighted by Crippen LogP contribution is -2.52. The maximum atomic E-state index is 12.6. The molecule has 1 spiro atoms. The number of hydrogen-bond acceptors (Lipinski definition) is 3. The lowest BCUT2D eigenvalue weighted by molar-refractivity contribution is -0.0824. The maximum Gasteiger partial charge on any atom is 0.317 e. The normalized spacial score (nSPS) is 33.6. The minimum Gasteiger partial charge on any atom is -0.396 e. The molecule has 1 atom stereocenters. The number of ether oxygens (including phenoxy) is 1. The number of rotatable bonds is 3. The Balaban J connectivity index is 1.48. The lowest BCUT2D eigenvalue weighted by Gasteiger charge is -2.40. The van der Waals surface area contributed by atoms with E-state index in [1.807, 2.05) is 11.9 Å². The van der Waals surface area contributed by atoms with Crippen molar-refractivity contribution < 1.29 is 14.6 Å². The molecule has 2 aliphatic carbocycles. The highest BCUT2D eigenvalue weighted by atomic mass is 16.5. The third-order valence-corrected chi connectivity index (χ3v) is 6.28. The summed E-state index contributed by atoms with van der Waals surface area (Å²) in [6.07, 6.45) is 10.8. The molecule has 0 bridgehead atoms. The van der Waals surface area contributed by atoms with Crippen LogP contribution in [0.4, 0.5) is 4.79 Å². The summed E-state index contributed by atoms with van der Waals surface area (Å²) in [4.78, 5) is 14.5. The van der Waals surface area contributed by atoms with Crippen LogP contribution in [-0.2, 0) is 4.74 Å². The number of urea groups is 1. The number of nitrogens with zero attached hydrogens (tertiary/aromatic N) is 1. The molecule has 0 radical (unpaired) electrons. The summed E-state index contributed by atoms with van der Waals surface area (Å²) in [6.45, 7) is 1.06. The van der Waals surface area contributed by atoms with Gasteiger partial charge < -0.3 is 20.1 Å². The molecule has 23 heavy (non-hydrogen) atoms. The van der Waals surface area contributed by atoms with Crippen molar-refractivity contribution in [1.82, 2.24) is 10.2 Å². The van der Waals surface area contributed by atoms with Crippen LogP contribution < -0.4 is 5.32 Å². The van der Waals surface area contributed by atoms with Gasteiger partial charge in [0.2, 0.25) is 0 Å². The highest BCUT2D eigenvalue weighted by molar-refractivity contribution is 5.74. The Kier molecular flexibility index (Phi) is 5.47. The van der Waals surface area contributed by atoms with Gasteiger partial charge >= 0.3 is 6.03 Å². The SMILES string of the molecule is CN(C(=O)NC1CCOC2(CCCC2)C1)C1CCC(CO)CC1. The summed E-state index contributed by atoms with van der Waals surface area (Å²) >= 11 is 0. The molecule has 132 valence electrons. The molecule has 5 nitrogen and oxygen atoms in total. The van der Waals surface area contributed by atoms with Gasteiger partial charge in [0.1, 0.15) is 0 Å². The highest BCUT2D eigenvalue weighted by Gasteiger charge is 2.40.